The quantitative estimate of drug-likeness (QED) is 0.213. The van der Waals surface area contributed by atoms with Crippen LogP contribution in [0.15, 0.2) is 88.6 Å². The van der Waals surface area contributed by atoms with Crippen LogP contribution in [0.5, 0.6) is 5.75 Å². The summed E-state index contributed by atoms with van der Waals surface area (Å²) in [5.41, 5.74) is 5.87. The van der Waals surface area contributed by atoms with Gasteiger partial charge < -0.3 is 4.74 Å². The van der Waals surface area contributed by atoms with Gasteiger partial charge in [0.1, 0.15) is 17.1 Å². The number of rotatable bonds is 9. The lowest BCUT2D eigenvalue weighted by atomic mass is 10.0. The number of benzene rings is 3. The van der Waals surface area contributed by atoms with Crippen molar-refractivity contribution < 1.29 is 4.74 Å². The van der Waals surface area contributed by atoms with Crippen molar-refractivity contribution in [2.75, 3.05) is 6.61 Å². The molecule has 9 heteroatoms. The maximum atomic E-state index is 13.5. The number of hydrogen-bond donors (Lipinski definition) is 0. The largest absolute Gasteiger partial charge is 0.494 e. The van der Waals surface area contributed by atoms with Gasteiger partial charge in [-0.1, -0.05) is 72.7 Å². The number of aryl methyl sites for hydroxylation is 2. The molecule has 0 radical (unpaired) electrons. The number of nitrogens with zero attached hydrogens (tertiary/aromatic N) is 5. The first-order chi connectivity index (χ1) is 20.9. The zero-order chi connectivity index (χ0) is 29.9. The molecule has 0 unspecified atom stereocenters. The van der Waals surface area contributed by atoms with Gasteiger partial charge in [0.2, 0.25) is 4.96 Å². The number of ether oxygens (including phenoxy) is 1. The molecular formula is C34H31N5O3S. The molecule has 0 fully saturated rings. The standard InChI is InChI=1S/C34H31N5O3S/c1-4-5-17-42-27-15-16-28(23(3)18-27)31-25(21-38(37-31)26-9-7-6-8-10-26)20-30-33(41)39-34(43-30)35-32(40)29(36-39)19-24-13-11-22(2)12-14-24/h6-16,18,20-21H,4-5,17,19H2,1-3H3. The molecule has 216 valence electrons. The third-order valence-corrected chi connectivity index (χ3v) is 8.17. The second-order valence-corrected chi connectivity index (χ2v) is 11.5. The highest BCUT2D eigenvalue weighted by atomic mass is 32.1. The molecule has 0 atom stereocenters. The van der Waals surface area contributed by atoms with Crippen LogP contribution in [0.4, 0.5) is 0 Å². The third-order valence-electron chi connectivity index (χ3n) is 7.21. The van der Waals surface area contributed by atoms with Crippen LogP contribution in [0.2, 0.25) is 0 Å². The molecule has 0 aliphatic carbocycles. The highest BCUT2D eigenvalue weighted by Crippen LogP contribution is 2.30. The van der Waals surface area contributed by atoms with E-state index in [1.807, 2.05) is 97.5 Å². The molecule has 0 saturated carbocycles. The van der Waals surface area contributed by atoms with Crippen molar-refractivity contribution in [3.8, 4) is 22.7 Å². The Bertz CT molecular complexity index is 2080. The second-order valence-electron chi connectivity index (χ2n) is 10.5. The molecule has 0 aliphatic heterocycles. The van der Waals surface area contributed by atoms with Crippen molar-refractivity contribution in [3.05, 3.63) is 132 Å². The van der Waals surface area contributed by atoms with Crippen LogP contribution in [0, 0.1) is 13.8 Å². The van der Waals surface area contributed by atoms with E-state index in [4.69, 9.17) is 9.84 Å². The van der Waals surface area contributed by atoms with Crippen molar-refractivity contribution in [1.29, 1.82) is 0 Å². The van der Waals surface area contributed by atoms with Gasteiger partial charge in [0.15, 0.2) is 0 Å². The Morgan fingerprint density at radius 1 is 0.953 bits per heavy atom. The van der Waals surface area contributed by atoms with E-state index in [-0.39, 0.29) is 16.2 Å². The first-order valence-electron chi connectivity index (χ1n) is 14.3. The minimum Gasteiger partial charge on any atom is -0.494 e. The number of para-hydroxylation sites is 1. The third kappa shape index (κ3) is 6.03. The highest BCUT2D eigenvalue weighted by Gasteiger charge is 2.16. The van der Waals surface area contributed by atoms with Gasteiger partial charge in [0.25, 0.3) is 11.1 Å². The van der Waals surface area contributed by atoms with Crippen molar-refractivity contribution in [2.24, 2.45) is 0 Å². The molecule has 0 spiro atoms. The summed E-state index contributed by atoms with van der Waals surface area (Å²) in [5.74, 6) is 0.817. The lowest BCUT2D eigenvalue weighted by molar-refractivity contribution is 0.309. The predicted molar refractivity (Wildman–Crippen MR) is 170 cm³/mol. The topological polar surface area (TPSA) is 91.4 Å². The lowest BCUT2D eigenvalue weighted by Gasteiger charge is -2.09. The maximum Gasteiger partial charge on any atom is 0.296 e. The number of aromatic nitrogens is 5. The van der Waals surface area contributed by atoms with Gasteiger partial charge in [0, 0.05) is 23.7 Å². The predicted octanol–water partition coefficient (Wildman–Crippen LogP) is 5.30. The van der Waals surface area contributed by atoms with E-state index in [1.165, 1.54) is 4.52 Å². The second kappa shape index (κ2) is 12.1. The summed E-state index contributed by atoms with van der Waals surface area (Å²) in [6, 6.07) is 23.7. The van der Waals surface area contributed by atoms with Gasteiger partial charge in [-0.2, -0.15) is 19.7 Å². The summed E-state index contributed by atoms with van der Waals surface area (Å²) in [7, 11) is 0. The van der Waals surface area contributed by atoms with Gasteiger partial charge in [-0.3, -0.25) is 9.59 Å². The Hall–Kier alpha value is -4.89. The van der Waals surface area contributed by atoms with Crippen LogP contribution >= 0.6 is 11.3 Å². The van der Waals surface area contributed by atoms with Crippen LogP contribution in [0.25, 0.3) is 28.0 Å². The summed E-state index contributed by atoms with van der Waals surface area (Å²) < 4.78 is 9.37. The smallest absolute Gasteiger partial charge is 0.296 e. The minimum atomic E-state index is -0.428. The number of fused-ring (bicyclic) bond motifs is 1. The van der Waals surface area contributed by atoms with Crippen LogP contribution in [0.3, 0.4) is 0 Å². The molecule has 3 aromatic carbocycles. The van der Waals surface area contributed by atoms with E-state index in [0.717, 1.165) is 69.1 Å². The van der Waals surface area contributed by atoms with Gasteiger partial charge >= 0.3 is 0 Å². The lowest BCUT2D eigenvalue weighted by Crippen LogP contribution is -2.28. The van der Waals surface area contributed by atoms with E-state index in [9.17, 15) is 9.59 Å². The van der Waals surface area contributed by atoms with Crippen molar-refractivity contribution in [1.82, 2.24) is 24.4 Å². The average Bonchev–Trinajstić information content (AvgIpc) is 3.55. The Morgan fingerprint density at radius 3 is 2.49 bits per heavy atom. The molecule has 0 bridgehead atoms. The monoisotopic (exact) mass is 589 g/mol. The summed E-state index contributed by atoms with van der Waals surface area (Å²) >= 11 is 1.14. The van der Waals surface area contributed by atoms with Crippen molar-refractivity contribution in [2.45, 2.75) is 40.0 Å². The van der Waals surface area contributed by atoms with Gasteiger partial charge in [-0.25, -0.2) is 4.68 Å². The summed E-state index contributed by atoms with van der Waals surface area (Å²) in [6.07, 6.45) is 6.08. The molecule has 6 rings (SSSR count). The molecule has 3 aromatic heterocycles. The van der Waals surface area contributed by atoms with Gasteiger partial charge in [-0.15, -0.1) is 0 Å². The maximum absolute atomic E-state index is 13.5. The zero-order valence-electron chi connectivity index (χ0n) is 24.3. The molecule has 0 N–H and O–H groups in total. The SMILES string of the molecule is CCCCOc1ccc(-c2nn(-c3ccccc3)cc2C=c2sc3nc(=O)c(Cc4ccc(C)cc4)nn3c2=O)c(C)c1. The van der Waals surface area contributed by atoms with E-state index >= 15 is 0 Å². The Balaban J connectivity index is 1.44. The van der Waals surface area contributed by atoms with Crippen molar-refractivity contribution in [3.63, 3.8) is 0 Å². The first-order valence-corrected chi connectivity index (χ1v) is 15.1. The minimum absolute atomic E-state index is 0.234. The van der Waals surface area contributed by atoms with E-state index < -0.39 is 5.56 Å². The summed E-state index contributed by atoms with van der Waals surface area (Å²) in [5, 5.41) is 9.36. The van der Waals surface area contributed by atoms with E-state index in [0.29, 0.717) is 17.6 Å². The Morgan fingerprint density at radius 2 is 1.74 bits per heavy atom. The Kier molecular flexibility index (Phi) is 7.98. The fraction of sp³-hybridized carbons (Fsp3) is 0.206. The van der Waals surface area contributed by atoms with E-state index in [1.54, 1.807) is 6.08 Å². The highest BCUT2D eigenvalue weighted by molar-refractivity contribution is 7.15. The molecular weight excluding hydrogens is 558 g/mol. The normalized spacial score (nSPS) is 11.8. The zero-order valence-corrected chi connectivity index (χ0v) is 25.1. The number of hydrogen-bond acceptors (Lipinski definition) is 7. The molecule has 0 aliphatic rings. The van der Waals surface area contributed by atoms with Gasteiger partial charge in [0.05, 0.1) is 16.8 Å². The van der Waals surface area contributed by atoms with Gasteiger partial charge in [-0.05, 0) is 67.8 Å². The summed E-state index contributed by atoms with van der Waals surface area (Å²) in [4.78, 5) is 30.8. The molecule has 0 saturated heterocycles. The van der Waals surface area contributed by atoms with E-state index in [2.05, 4.69) is 17.0 Å². The molecule has 3 heterocycles. The number of unbranched alkanes of at least 4 members (excludes halogenated alkanes) is 1. The van der Waals surface area contributed by atoms with Crippen molar-refractivity contribution >= 4 is 22.4 Å². The molecule has 6 aromatic rings. The van der Waals surface area contributed by atoms with Crippen LogP contribution in [-0.2, 0) is 6.42 Å². The molecule has 43 heavy (non-hydrogen) atoms. The first kappa shape index (κ1) is 28.2. The molecule has 0 amide bonds. The summed E-state index contributed by atoms with van der Waals surface area (Å²) in [6.45, 7) is 6.84. The van der Waals surface area contributed by atoms with Crippen LogP contribution < -0.4 is 20.4 Å². The Labute approximate surface area is 252 Å². The molecule has 8 nitrogen and oxygen atoms in total. The fourth-order valence-electron chi connectivity index (χ4n) is 4.83. The average molecular weight is 590 g/mol. The fourth-order valence-corrected chi connectivity index (χ4v) is 5.73. The van der Waals surface area contributed by atoms with Crippen LogP contribution in [0.1, 0.15) is 47.7 Å². The number of thiazole rings is 1. The van der Waals surface area contributed by atoms with Crippen LogP contribution in [-0.4, -0.2) is 31.0 Å².